The molecule has 1 saturated carbocycles. The van der Waals surface area contributed by atoms with Gasteiger partial charge in [0.25, 0.3) is 0 Å². The van der Waals surface area contributed by atoms with Crippen molar-refractivity contribution < 1.29 is 14.7 Å². The van der Waals surface area contributed by atoms with Gasteiger partial charge in [-0.25, -0.2) is 0 Å². The van der Waals surface area contributed by atoms with E-state index in [4.69, 9.17) is 0 Å². The first kappa shape index (κ1) is 16.0. The normalized spacial score (nSPS) is 26.8. The number of aliphatic carboxylic acids is 1. The molecule has 23 heavy (non-hydrogen) atoms. The number of hydrogen-bond donors (Lipinski definition) is 1. The molecular weight excluding hydrogens is 292 g/mol. The molecule has 2 atom stereocenters. The molecule has 1 saturated heterocycles. The Morgan fingerprint density at radius 2 is 1.70 bits per heavy atom. The van der Waals surface area contributed by atoms with E-state index in [1.807, 2.05) is 36.9 Å². The number of carboxylic acids is 1. The van der Waals surface area contributed by atoms with Gasteiger partial charge in [-0.3, -0.25) is 14.5 Å². The molecule has 1 aromatic carbocycles. The van der Waals surface area contributed by atoms with Crippen molar-refractivity contribution in [3.8, 4) is 0 Å². The molecule has 1 aliphatic carbocycles. The van der Waals surface area contributed by atoms with Crippen LogP contribution in [0, 0.1) is 17.3 Å². The zero-order valence-electron chi connectivity index (χ0n) is 13.7. The maximum absolute atomic E-state index is 12.6. The number of nitrogens with zero attached hydrogens (tertiary/aromatic N) is 2. The molecule has 5 nitrogen and oxygen atoms in total. The zero-order valence-corrected chi connectivity index (χ0v) is 13.7. The number of carbonyl (C=O) groups excluding carboxylic acids is 1. The van der Waals surface area contributed by atoms with E-state index in [0.717, 1.165) is 19.6 Å². The van der Waals surface area contributed by atoms with Crippen molar-refractivity contribution in [2.45, 2.75) is 20.4 Å². The van der Waals surface area contributed by atoms with Crippen LogP contribution in [-0.4, -0.2) is 53.0 Å². The van der Waals surface area contributed by atoms with Gasteiger partial charge < -0.3 is 10.0 Å². The van der Waals surface area contributed by atoms with Crippen LogP contribution in [0.3, 0.4) is 0 Å². The Balaban J connectivity index is 1.53. The van der Waals surface area contributed by atoms with E-state index in [1.165, 1.54) is 5.56 Å². The van der Waals surface area contributed by atoms with Crippen molar-refractivity contribution in [1.29, 1.82) is 0 Å². The van der Waals surface area contributed by atoms with E-state index >= 15 is 0 Å². The molecule has 124 valence electrons. The zero-order chi connectivity index (χ0) is 16.6. The van der Waals surface area contributed by atoms with E-state index in [2.05, 4.69) is 17.0 Å². The van der Waals surface area contributed by atoms with Crippen molar-refractivity contribution in [3.05, 3.63) is 35.9 Å². The predicted octanol–water partition coefficient (Wildman–Crippen LogP) is 1.69. The molecule has 2 aliphatic rings. The van der Waals surface area contributed by atoms with Gasteiger partial charge in [0, 0.05) is 32.7 Å². The summed E-state index contributed by atoms with van der Waals surface area (Å²) in [5.41, 5.74) is 0.867. The SMILES string of the molecule is CC1(C)[C@H](C(=O)N2CCN(Cc3ccccc3)CC2)[C@@H]1C(=O)O. The van der Waals surface area contributed by atoms with Gasteiger partial charge in [-0.05, 0) is 11.0 Å². The van der Waals surface area contributed by atoms with Crippen LogP contribution in [0.5, 0.6) is 0 Å². The monoisotopic (exact) mass is 316 g/mol. The highest BCUT2D eigenvalue weighted by molar-refractivity contribution is 5.91. The topological polar surface area (TPSA) is 60.9 Å². The number of amides is 1. The second-order valence-electron chi connectivity index (χ2n) is 7.20. The molecule has 1 heterocycles. The third-order valence-electron chi connectivity index (χ3n) is 5.29. The quantitative estimate of drug-likeness (QED) is 0.918. The molecular formula is C18H24N2O3. The number of rotatable bonds is 4. The van der Waals surface area contributed by atoms with Gasteiger partial charge in [-0.1, -0.05) is 44.2 Å². The fourth-order valence-electron chi connectivity index (χ4n) is 3.72. The largest absolute Gasteiger partial charge is 0.481 e. The van der Waals surface area contributed by atoms with Gasteiger partial charge in [0.1, 0.15) is 0 Å². The third-order valence-corrected chi connectivity index (χ3v) is 5.29. The second-order valence-corrected chi connectivity index (χ2v) is 7.20. The standard InChI is InChI=1S/C18H24N2O3/c1-18(2)14(15(18)17(22)23)16(21)20-10-8-19(9-11-20)12-13-6-4-3-5-7-13/h3-7,14-15H,8-12H2,1-2H3,(H,22,23)/t14-,15+/m0/s1. The fourth-order valence-corrected chi connectivity index (χ4v) is 3.72. The van der Waals surface area contributed by atoms with Gasteiger partial charge in [0.05, 0.1) is 11.8 Å². The number of hydrogen-bond acceptors (Lipinski definition) is 3. The Kier molecular flexibility index (Phi) is 4.15. The molecule has 0 spiro atoms. The van der Waals surface area contributed by atoms with Crippen molar-refractivity contribution in [3.63, 3.8) is 0 Å². The lowest BCUT2D eigenvalue weighted by Crippen LogP contribution is -2.49. The smallest absolute Gasteiger partial charge is 0.307 e. The highest BCUT2D eigenvalue weighted by atomic mass is 16.4. The van der Waals surface area contributed by atoms with Crippen LogP contribution in [0.15, 0.2) is 30.3 Å². The van der Waals surface area contributed by atoms with Crippen LogP contribution < -0.4 is 0 Å². The van der Waals surface area contributed by atoms with Crippen LogP contribution >= 0.6 is 0 Å². The lowest BCUT2D eigenvalue weighted by atomic mass is 10.1. The van der Waals surface area contributed by atoms with E-state index in [9.17, 15) is 14.7 Å². The Morgan fingerprint density at radius 1 is 1.09 bits per heavy atom. The van der Waals surface area contributed by atoms with Crippen molar-refractivity contribution in [2.75, 3.05) is 26.2 Å². The molecule has 1 aliphatic heterocycles. The molecule has 2 fully saturated rings. The lowest BCUT2D eigenvalue weighted by molar-refractivity contribution is -0.142. The summed E-state index contributed by atoms with van der Waals surface area (Å²) in [6, 6.07) is 10.3. The molecule has 0 aromatic heterocycles. The van der Waals surface area contributed by atoms with Crippen molar-refractivity contribution >= 4 is 11.9 Å². The minimum absolute atomic E-state index is 0.0155. The van der Waals surface area contributed by atoms with Gasteiger partial charge in [-0.15, -0.1) is 0 Å². The molecule has 1 aromatic rings. The summed E-state index contributed by atoms with van der Waals surface area (Å²) in [7, 11) is 0. The fraction of sp³-hybridized carbons (Fsp3) is 0.556. The number of carbonyl (C=O) groups is 2. The first-order valence-corrected chi connectivity index (χ1v) is 8.19. The molecule has 5 heteroatoms. The summed E-state index contributed by atoms with van der Waals surface area (Å²) >= 11 is 0. The lowest BCUT2D eigenvalue weighted by Gasteiger charge is -2.35. The molecule has 1 amide bonds. The summed E-state index contributed by atoms with van der Waals surface area (Å²) in [6.07, 6.45) is 0. The molecule has 0 radical (unpaired) electrons. The van der Waals surface area contributed by atoms with E-state index in [0.29, 0.717) is 13.1 Å². The van der Waals surface area contributed by atoms with Gasteiger partial charge in [-0.2, -0.15) is 0 Å². The number of benzene rings is 1. The van der Waals surface area contributed by atoms with E-state index in [1.54, 1.807) is 0 Å². The average molecular weight is 316 g/mol. The third kappa shape index (κ3) is 3.11. The minimum Gasteiger partial charge on any atom is -0.481 e. The van der Waals surface area contributed by atoms with Gasteiger partial charge >= 0.3 is 5.97 Å². The summed E-state index contributed by atoms with van der Waals surface area (Å²) < 4.78 is 0. The Morgan fingerprint density at radius 3 is 2.22 bits per heavy atom. The second kappa shape index (κ2) is 5.96. The van der Waals surface area contributed by atoms with E-state index < -0.39 is 17.3 Å². The van der Waals surface area contributed by atoms with Gasteiger partial charge in [0.2, 0.25) is 5.91 Å². The van der Waals surface area contributed by atoms with Crippen molar-refractivity contribution in [1.82, 2.24) is 9.80 Å². The van der Waals surface area contributed by atoms with Crippen LogP contribution in [0.2, 0.25) is 0 Å². The minimum atomic E-state index is -0.851. The number of piperazine rings is 1. The van der Waals surface area contributed by atoms with Crippen LogP contribution in [0.25, 0.3) is 0 Å². The maximum atomic E-state index is 12.6. The van der Waals surface area contributed by atoms with Crippen LogP contribution in [0.4, 0.5) is 0 Å². The number of carboxylic acid groups (broad SMARTS) is 1. The van der Waals surface area contributed by atoms with Crippen LogP contribution in [-0.2, 0) is 16.1 Å². The summed E-state index contributed by atoms with van der Waals surface area (Å²) in [6.45, 7) is 7.70. The first-order valence-electron chi connectivity index (χ1n) is 8.19. The summed E-state index contributed by atoms with van der Waals surface area (Å²) in [5.74, 6) is -1.73. The van der Waals surface area contributed by atoms with Crippen molar-refractivity contribution in [2.24, 2.45) is 17.3 Å². The Labute approximate surface area is 136 Å². The summed E-state index contributed by atoms with van der Waals surface area (Å²) in [5, 5.41) is 9.23. The van der Waals surface area contributed by atoms with Gasteiger partial charge in [0.15, 0.2) is 0 Å². The molecule has 0 bridgehead atoms. The highest BCUT2D eigenvalue weighted by Gasteiger charge is 2.66. The average Bonchev–Trinajstić information content (AvgIpc) is 3.11. The molecule has 1 N–H and O–H groups in total. The van der Waals surface area contributed by atoms with Crippen LogP contribution in [0.1, 0.15) is 19.4 Å². The van der Waals surface area contributed by atoms with E-state index in [-0.39, 0.29) is 11.8 Å². The Hall–Kier alpha value is -1.88. The predicted molar refractivity (Wildman–Crippen MR) is 86.7 cm³/mol. The maximum Gasteiger partial charge on any atom is 0.307 e. The molecule has 0 unspecified atom stereocenters. The summed E-state index contributed by atoms with van der Waals surface area (Å²) in [4.78, 5) is 28.0. The highest BCUT2D eigenvalue weighted by Crippen LogP contribution is 2.59. The molecule has 3 rings (SSSR count). The Bertz CT molecular complexity index is 592. The first-order chi connectivity index (χ1) is 10.9.